The van der Waals surface area contributed by atoms with Crippen molar-refractivity contribution in [2.45, 2.75) is 70.1 Å². The maximum absolute atomic E-state index is 2.49. The summed E-state index contributed by atoms with van der Waals surface area (Å²) < 4.78 is 0. The summed E-state index contributed by atoms with van der Waals surface area (Å²) >= 11 is 0. The molecule has 4 bridgehead atoms. The van der Waals surface area contributed by atoms with Gasteiger partial charge in [-0.1, -0.05) is 68.4 Å². The molecule has 32 heavy (non-hydrogen) atoms. The summed E-state index contributed by atoms with van der Waals surface area (Å²) in [6, 6.07) is 23.7. The minimum Gasteiger partial charge on any atom is -0.0619 e. The predicted molar refractivity (Wildman–Crippen MR) is 134 cm³/mol. The number of fused-ring (bicyclic) bond motifs is 3. The van der Waals surface area contributed by atoms with E-state index in [9.17, 15) is 0 Å². The van der Waals surface area contributed by atoms with E-state index in [-0.39, 0.29) is 5.41 Å². The standard InChI is InChI=1S/C32H34/c1-20-12-25(16-28-27-6-4-5-7-29(27)31(2,3)30(20)28)24-8-10-26(11-9-24)32-17-21-13-22(18-32)15-23(14-21)19-32/h4-12,16,21-23H,13-15,17-19H2,1-3H3. The molecule has 0 atom stereocenters. The Hall–Kier alpha value is -2.34. The Kier molecular flexibility index (Phi) is 3.82. The fraction of sp³-hybridized carbons (Fsp3) is 0.438. The minimum atomic E-state index is 0.0803. The Labute approximate surface area is 193 Å². The van der Waals surface area contributed by atoms with Gasteiger partial charge in [0.25, 0.3) is 0 Å². The van der Waals surface area contributed by atoms with E-state index >= 15 is 0 Å². The van der Waals surface area contributed by atoms with Gasteiger partial charge in [-0.3, -0.25) is 0 Å². The van der Waals surface area contributed by atoms with Gasteiger partial charge in [0.05, 0.1) is 0 Å². The minimum absolute atomic E-state index is 0.0803. The van der Waals surface area contributed by atoms with Crippen LogP contribution in [0.5, 0.6) is 0 Å². The van der Waals surface area contributed by atoms with Crippen LogP contribution in [0, 0.1) is 24.7 Å². The molecule has 8 rings (SSSR count). The van der Waals surface area contributed by atoms with Gasteiger partial charge in [0.2, 0.25) is 0 Å². The third-order valence-corrected chi connectivity index (χ3v) is 9.72. The molecule has 0 heteroatoms. The maximum atomic E-state index is 2.49. The zero-order valence-corrected chi connectivity index (χ0v) is 19.7. The van der Waals surface area contributed by atoms with Crippen LogP contribution in [0.2, 0.25) is 0 Å². The van der Waals surface area contributed by atoms with Crippen molar-refractivity contribution in [3.05, 3.63) is 82.9 Å². The number of aryl methyl sites for hydroxylation is 1. The molecular weight excluding hydrogens is 384 g/mol. The second-order valence-electron chi connectivity index (χ2n) is 12.2. The van der Waals surface area contributed by atoms with E-state index in [1.807, 2.05) is 0 Å². The Bertz CT molecular complexity index is 1190. The molecule has 5 aliphatic rings. The van der Waals surface area contributed by atoms with Gasteiger partial charge in [0.1, 0.15) is 0 Å². The van der Waals surface area contributed by atoms with E-state index in [1.165, 1.54) is 77.5 Å². The van der Waals surface area contributed by atoms with Gasteiger partial charge >= 0.3 is 0 Å². The van der Waals surface area contributed by atoms with Crippen molar-refractivity contribution in [3.63, 3.8) is 0 Å². The molecule has 0 heterocycles. The number of hydrogen-bond donors (Lipinski definition) is 0. The van der Waals surface area contributed by atoms with Crippen molar-refractivity contribution in [1.82, 2.24) is 0 Å². The lowest BCUT2D eigenvalue weighted by atomic mass is 9.48. The molecule has 3 aromatic carbocycles. The van der Waals surface area contributed by atoms with Crippen molar-refractivity contribution >= 4 is 0 Å². The lowest BCUT2D eigenvalue weighted by Gasteiger charge is -2.57. The molecule has 0 nitrogen and oxygen atoms in total. The van der Waals surface area contributed by atoms with Crippen LogP contribution in [0.15, 0.2) is 60.7 Å². The van der Waals surface area contributed by atoms with Crippen LogP contribution in [0.3, 0.4) is 0 Å². The smallest absolute Gasteiger partial charge is 0.0161 e. The van der Waals surface area contributed by atoms with E-state index in [4.69, 9.17) is 0 Å². The van der Waals surface area contributed by atoms with Crippen molar-refractivity contribution in [2.24, 2.45) is 17.8 Å². The summed E-state index contributed by atoms with van der Waals surface area (Å²) in [7, 11) is 0. The van der Waals surface area contributed by atoms with Crippen LogP contribution < -0.4 is 0 Å². The fourth-order valence-electron chi connectivity index (χ4n) is 8.87. The van der Waals surface area contributed by atoms with Gasteiger partial charge in [0, 0.05) is 5.41 Å². The van der Waals surface area contributed by atoms with Crippen molar-refractivity contribution < 1.29 is 0 Å². The van der Waals surface area contributed by atoms with E-state index in [1.54, 1.807) is 5.56 Å². The topological polar surface area (TPSA) is 0 Å². The van der Waals surface area contributed by atoms with Gasteiger partial charge in [-0.2, -0.15) is 0 Å². The molecule has 162 valence electrons. The number of hydrogen-bond acceptors (Lipinski definition) is 0. The van der Waals surface area contributed by atoms with Gasteiger partial charge in [-0.25, -0.2) is 0 Å². The molecule has 0 N–H and O–H groups in total. The summed E-state index contributed by atoms with van der Waals surface area (Å²) in [6.45, 7) is 7.06. The third kappa shape index (κ3) is 2.56. The molecule has 0 spiro atoms. The van der Waals surface area contributed by atoms with Crippen molar-refractivity contribution in [3.8, 4) is 22.3 Å². The first-order valence-electron chi connectivity index (χ1n) is 12.8. The third-order valence-electron chi connectivity index (χ3n) is 9.72. The van der Waals surface area contributed by atoms with Crippen molar-refractivity contribution in [1.29, 1.82) is 0 Å². The normalized spacial score (nSPS) is 30.9. The first-order valence-corrected chi connectivity index (χ1v) is 12.8. The quantitative estimate of drug-likeness (QED) is 0.392. The average molecular weight is 419 g/mol. The molecule has 0 aliphatic heterocycles. The lowest BCUT2D eigenvalue weighted by Crippen LogP contribution is -2.48. The zero-order chi connectivity index (χ0) is 21.7. The molecule has 0 amide bonds. The second kappa shape index (κ2) is 6.37. The monoisotopic (exact) mass is 418 g/mol. The molecule has 0 saturated heterocycles. The molecule has 4 saturated carbocycles. The first kappa shape index (κ1) is 19.2. The number of rotatable bonds is 2. The van der Waals surface area contributed by atoms with Crippen LogP contribution in [0.4, 0.5) is 0 Å². The van der Waals surface area contributed by atoms with E-state index in [2.05, 4.69) is 81.4 Å². The fourth-order valence-corrected chi connectivity index (χ4v) is 8.87. The largest absolute Gasteiger partial charge is 0.0619 e. The Morgan fingerprint density at radius 3 is 1.97 bits per heavy atom. The molecule has 0 aromatic heterocycles. The molecule has 5 aliphatic carbocycles. The van der Waals surface area contributed by atoms with Crippen LogP contribution >= 0.6 is 0 Å². The van der Waals surface area contributed by atoms with Gasteiger partial charge in [0.15, 0.2) is 0 Å². The molecule has 4 fully saturated rings. The lowest BCUT2D eigenvalue weighted by molar-refractivity contribution is -0.00518. The van der Waals surface area contributed by atoms with Gasteiger partial charge < -0.3 is 0 Å². The van der Waals surface area contributed by atoms with E-state index in [0.717, 1.165) is 17.8 Å². The molecule has 3 aromatic rings. The molecular formula is C32H34. The van der Waals surface area contributed by atoms with Crippen LogP contribution in [0.1, 0.15) is 74.6 Å². The highest BCUT2D eigenvalue weighted by Gasteiger charge is 2.51. The number of benzene rings is 3. The van der Waals surface area contributed by atoms with Gasteiger partial charge in [-0.05, 0) is 119 Å². The molecule has 0 radical (unpaired) electrons. The van der Waals surface area contributed by atoms with Crippen LogP contribution in [-0.2, 0) is 10.8 Å². The highest BCUT2D eigenvalue weighted by Crippen LogP contribution is 2.60. The SMILES string of the molecule is Cc1cc(-c2ccc(C34CC5CC(CC(C5)C3)C4)cc2)cc2c1C(C)(C)c1ccccc1-2. The highest BCUT2D eigenvalue weighted by atomic mass is 14.6. The van der Waals surface area contributed by atoms with E-state index < -0.39 is 0 Å². The Morgan fingerprint density at radius 2 is 1.31 bits per heavy atom. The molecule has 0 unspecified atom stereocenters. The average Bonchev–Trinajstić information content (AvgIpc) is 3.01. The zero-order valence-electron chi connectivity index (χ0n) is 19.7. The summed E-state index contributed by atoms with van der Waals surface area (Å²) in [6.07, 6.45) is 8.89. The maximum Gasteiger partial charge on any atom is 0.0161 e. The summed E-state index contributed by atoms with van der Waals surface area (Å²) in [5, 5.41) is 0. The highest BCUT2D eigenvalue weighted by molar-refractivity contribution is 5.85. The summed E-state index contributed by atoms with van der Waals surface area (Å²) in [5.41, 5.74) is 12.2. The summed E-state index contributed by atoms with van der Waals surface area (Å²) in [4.78, 5) is 0. The first-order chi connectivity index (χ1) is 15.4. The Morgan fingerprint density at radius 1 is 0.688 bits per heavy atom. The Balaban J connectivity index is 1.28. The summed E-state index contributed by atoms with van der Waals surface area (Å²) in [5.74, 6) is 3.01. The van der Waals surface area contributed by atoms with E-state index in [0.29, 0.717) is 5.41 Å². The van der Waals surface area contributed by atoms with Crippen molar-refractivity contribution in [2.75, 3.05) is 0 Å². The second-order valence-corrected chi connectivity index (χ2v) is 12.2. The van der Waals surface area contributed by atoms with Gasteiger partial charge in [-0.15, -0.1) is 0 Å². The van der Waals surface area contributed by atoms with Crippen LogP contribution in [0.25, 0.3) is 22.3 Å². The predicted octanol–water partition coefficient (Wildman–Crippen LogP) is 8.44. The van der Waals surface area contributed by atoms with Crippen LogP contribution in [-0.4, -0.2) is 0 Å².